The highest BCUT2D eigenvalue weighted by Gasteiger charge is 2.13. The third-order valence-corrected chi connectivity index (χ3v) is 4.78. The van der Waals surface area contributed by atoms with Gasteiger partial charge in [-0.15, -0.1) is 0 Å². The average molecular weight is 360 g/mol. The molecule has 1 aromatic heterocycles. The molecule has 0 fully saturated rings. The van der Waals surface area contributed by atoms with E-state index in [-0.39, 0.29) is 0 Å². The number of para-hydroxylation sites is 1. The molecule has 0 aliphatic carbocycles. The van der Waals surface area contributed by atoms with Crippen molar-refractivity contribution in [2.45, 2.75) is 19.9 Å². The van der Waals surface area contributed by atoms with Gasteiger partial charge in [0.2, 0.25) is 0 Å². The predicted molar refractivity (Wildman–Crippen MR) is 80.2 cm³/mol. The van der Waals surface area contributed by atoms with Crippen LogP contribution in [0.4, 0.5) is 0 Å². The second kappa shape index (κ2) is 6.01. The van der Waals surface area contributed by atoms with Gasteiger partial charge in [0.15, 0.2) is 0 Å². The highest BCUT2D eigenvalue weighted by Crippen LogP contribution is 2.22. The SMILES string of the molecule is CCn1nc(CC(CBr)CBr)c2ccccc21. The smallest absolute Gasteiger partial charge is 0.0706 e. The molecular weight excluding hydrogens is 344 g/mol. The summed E-state index contributed by atoms with van der Waals surface area (Å²) in [5.41, 5.74) is 2.46. The minimum atomic E-state index is 0.596. The van der Waals surface area contributed by atoms with Crippen LogP contribution < -0.4 is 0 Å². The zero-order valence-electron chi connectivity index (χ0n) is 9.87. The largest absolute Gasteiger partial charge is 0.265 e. The van der Waals surface area contributed by atoms with Crippen molar-refractivity contribution in [1.29, 1.82) is 0 Å². The van der Waals surface area contributed by atoms with Gasteiger partial charge in [0.1, 0.15) is 0 Å². The molecule has 0 atom stereocenters. The lowest BCUT2D eigenvalue weighted by Crippen LogP contribution is -2.08. The van der Waals surface area contributed by atoms with Gasteiger partial charge in [0, 0.05) is 22.6 Å². The third kappa shape index (κ3) is 2.74. The normalized spacial score (nSPS) is 11.5. The Morgan fingerprint density at radius 2 is 1.94 bits per heavy atom. The summed E-state index contributed by atoms with van der Waals surface area (Å²) < 4.78 is 2.09. The molecule has 2 aromatic rings. The first-order valence-corrected chi connectivity index (χ1v) is 8.10. The van der Waals surface area contributed by atoms with Gasteiger partial charge >= 0.3 is 0 Å². The molecule has 0 unspecified atom stereocenters. The van der Waals surface area contributed by atoms with E-state index in [4.69, 9.17) is 5.10 Å². The summed E-state index contributed by atoms with van der Waals surface area (Å²) in [7, 11) is 0. The van der Waals surface area contributed by atoms with Crippen LogP contribution in [0, 0.1) is 5.92 Å². The summed E-state index contributed by atoms with van der Waals surface area (Å²) in [4.78, 5) is 0. The number of aromatic nitrogens is 2. The van der Waals surface area contributed by atoms with Crippen LogP contribution in [0.2, 0.25) is 0 Å². The fourth-order valence-corrected chi connectivity index (χ4v) is 3.54. The van der Waals surface area contributed by atoms with Gasteiger partial charge in [-0.2, -0.15) is 5.10 Å². The van der Waals surface area contributed by atoms with Crippen molar-refractivity contribution in [3.63, 3.8) is 0 Å². The summed E-state index contributed by atoms with van der Waals surface area (Å²) in [5.74, 6) is 0.596. The number of halogens is 2. The number of nitrogens with zero attached hydrogens (tertiary/aromatic N) is 2. The minimum Gasteiger partial charge on any atom is -0.265 e. The topological polar surface area (TPSA) is 17.8 Å². The number of fused-ring (bicyclic) bond motifs is 1. The van der Waals surface area contributed by atoms with E-state index in [0.717, 1.165) is 23.6 Å². The van der Waals surface area contributed by atoms with Crippen LogP contribution in [0.15, 0.2) is 24.3 Å². The maximum absolute atomic E-state index is 4.72. The molecule has 0 amide bonds. The summed E-state index contributed by atoms with van der Waals surface area (Å²) in [6.45, 7) is 3.06. The molecule has 0 aliphatic rings. The third-order valence-electron chi connectivity index (χ3n) is 2.95. The average Bonchev–Trinajstić information content (AvgIpc) is 2.74. The van der Waals surface area contributed by atoms with E-state index in [9.17, 15) is 0 Å². The van der Waals surface area contributed by atoms with Crippen molar-refractivity contribution in [2.24, 2.45) is 5.92 Å². The number of hydrogen-bond donors (Lipinski definition) is 0. The van der Waals surface area contributed by atoms with Crippen LogP contribution in [-0.2, 0) is 13.0 Å². The fraction of sp³-hybridized carbons (Fsp3) is 0.462. The summed E-state index contributed by atoms with van der Waals surface area (Å²) in [6.07, 6.45) is 1.02. The first kappa shape index (κ1) is 13.1. The Hall–Kier alpha value is -0.350. The van der Waals surface area contributed by atoms with Crippen molar-refractivity contribution in [3.8, 4) is 0 Å². The molecule has 0 N–H and O–H groups in total. The second-order valence-corrected chi connectivity index (χ2v) is 5.45. The van der Waals surface area contributed by atoms with Gasteiger partial charge in [-0.25, -0.2) is 0 Å². The molecule has 2 nitrogen and oxygen atoms in total. The molecule has 0 saturated carbocycles. The lowest BCUT2D eigenvalue weighted by atomic mass is 10.1. The molecule has 4 heteroatoms. The Kier molecular flexibility index (Phi) is 4.62. The van der Waals surface area contributed by atoms with E-state index in [1.807, 2.05) is 0 Å². The first-order valence-electron chi connectivity index (χ1n) is 5.86. The van der Waals surface area contributed by atoms with Gasteiger partial charge in [-0.1, -0.05) is 50.1 Å². The molecule has 0 spiro atoms. The van der Waals surface area contributed by atoms with Gasteiger partial charge < -0.3 is 0 Å². The number of aryl methyl sites for hydroxylation is 1. The number of alkyl halides is 2. The van der Waals surface area contributed by atoms with Gasteiger partial charge in [-0.05, 0) is 25.3 Å². The Bertz CT molecular complexity index is 489. The second-order valence-electron chi connectivity index (χ2n) is 4.16. The summed E-state index contributed by atoms with van der Waals surface area (Å²) in [5, 5.41) is 8.02. The van der Waals surface area contributed by atoms with Crippen molar-refractivity contribution in [2.75, 3.05) is 10.7 Å². The van der Waals surface area contributed by atoms with Crippen LogP contribution in [0.1, 0.15) is 12.6 Å². The van der Waals surface area contributed by atoms with Crippen molar-refractivity contribution < 1.29 is 0 Å². The van der Waals surface area contributed by atoms with Gasteiger partial charge in [-0.3, -0.25) is 4.68 Å². The fourth-order valence-electron chi connectivity index (χ4n) is 2.01. The van der Waals surface area contributed by atoms with Crippen LogP contribution in [-0.4, -0.2) is 20.4 Å². The van der Waals surface area contributed by atoms with Crippen molar-refractivity contribution in [3.05, 3.63) is 30.0 Å². The molecule has 0 radical (unpaired) electrons. The Morgan fingerprint density at radius 3 is 2.59 bits per heavy atom. The zero-order valence-corrected chi connectivity index (χ0v) is 13.0. The highest BCUT2D eigenvalue weighted by molar-refractivity contribution is 9.09. The highest BCUT2D eigenvalue weighted by atomic mass is 79.9. The summed E-state index contributed by atoms with van der Waals surface area (Å²) in [6, 6.07) is 8.48. The maximum atomic E-state index is 4.72. The lowest BCUT2D eigenvalue weighted by molar-refractivity contribution is 0.624. The van der Waals surface area contributed by atoms with Crippen LogP contribution in [0.3, 0.4) is 0 Å². The van der Waals surface area contributed by atoms with Gasteiger partial charge in [0.05, 0.1) is 11.2 Å². The van der Waals surface area contributed by atoms with Crippen LogP contribution in [0.25, 0.3) is 10.9 Å². The number of benzene rings is 1. The Morgan fingerprint density at radius 1 is 1.24 bits per heavy atom. The molecule has 0 bridgehead atoms. The van der Waals surface area contributed by atoms with E-state index >= 15 is 0 Å². The predicted octanol–water partition coefficient (Wildman–Crippen LogP) is 4.00. The molecule has 1 aromatic carbocycles. The Labute approximate surface area is 119 Å². The quantitative estimate of drug-likeness (QED) is 0.737. The standard InChI is InChI=1S/C13H16Br2N2/c1-2-17-13-6-4-3-5-11(13)12(16-17)7-10(8-14)9-15/h3-6,10H,2,7-9H2,1H3. The number of rotatable bonds is 5. The number of hydrogen-bond acceptors (Lipinski definition) is 1. The van der Waals surface area contributed by atoms with E-state index in [2.05, 4.69) is 67.7 Å². The van der Waals surface area contributed by atoms with Crippen molar-refractivity contribution >= 4 is 42.8 Å². The van der Waals surface area contributed by atoms with E-state index in [1.54, 1.807) is 0 Å². The maximum Gasteiger partial charge on any atom is 0.0706 e. The molecule has 17 heavy (non-hydrogen) atoms. The molecule has 2 rings (SSSR count). The van der Waals surface area contributed by atoms with Crippen LogP contribution in [0.5, 0.6) is 0 Å². The Balaban J connectivity index is 2.40. The van der Waals surface area contributed by atoms with Gasteiger partial charge in [0.25, 0.3) is 0 Å². The van der Waals surface area contributed by atoms with E-state index in [1.165, 1.54) is 16.6 Å². The molecule has 92 valence electrons. The molecule has 0 saturated heterocycles. The van der Waals surface area contributed by atoms with E-state index in [0.29, 0.717) is 5.92 Å². The van der Waals surface area contributed by atoms with Crippen LogP contribution >= 0.6 is 31.9 Å². The summed E-state index contributed by atoms with van der Waals surface area (Å²) >= 11 is 7.11. The molecule has 0 aliphatic heterocycles. The first-order chi connectivity index (χ1) is 8.30. The van der Waals surface area contributed by atoms with Crippen molar-refractivity contribution in [1.82, 2.24) is 9.78 Å². The molecule has 1 heterocycles. The monoisotopic (exact) mass is 358 g/mol. The minimum absolute atomic E-state index is 0.596. The zero-order chi connectivity index (χ0) is 12.3. The molecular formula is C13H16Br2N2. The van der Waals surface area contributed by atoms with E-state index < -0.39 is 0 Å². The lowest BCUT2D eigenvalue weighted by Gasteiger charge is -2.07.